The van der Waals surface area contributed by atoms with Crippen molar-refractivity contribution in [2.75, 3.05) is 46.0 Å². The van der Waals surface area contributed by atoms with E-state index in [2.05, 4.69) is 5.32 Å². The molecule has 1 rings (SSSR count). The molecule has 0 aliphatic carbocycles. The Morgan fingerprint density at radius 3 is 2.56 bits per heavy atom. The number of rotatable bonds is 7. The van der Waals surface area contributed by atoms with Gasteiger partial charge in [0.05, 0.1) is 31.8 Å². The molecule has 5 nitrogen and oxygen atoms in total. The number of amides is 1. The topological polar surface area (TPSA) is 61.8 Å². The Morgan fingerprint density at radius 2 is 2.19 bits per heavy atom. The molecule has 16 heavy (non-hydrogen) atoms. The van der Waals surface area contributed by atoms with Gasteiger partial charge in [0.1, 0.15) is 0 Å². The second kappa shape index (κ2) is 6.18. The molecule has 1 amide bonds. The minimum atomic E-state index is -0.150. The average Bonchev–Trinajstić information content (AvgIpc) is 2.22. The molecule has 0 radical (unpaired) electrons. The van der Waals surface area contributed by atoms with Gasteiger partial charge in [0.15, 0.2) is 0 Å². The lowest BCUT2D eigenvalue weighted by Crippen LogP contribution is -2.54. The van der Waals surface area contributed by atoms with Gasteiger partial charge in [-0.1, -0.05) is 6.92 Å². The van der Waals surface area contributed by atoms with Crippen LogP contribution in [0.1, 0.15) is 13.8 Å². The predicted octanol–water partition coefficient (Wildman–Crippen LogP) is -0.547. The third kappa shape index (κ3) is 3.43. The zero-order valence-electron chi connectivity index (χ0n) is 10.2. The SMILES string of the molecule is CCNC(=O)CN(CC)CC1(CO)COC1. The minimum absolute atomic E-state index is 0.0395. The number of hydrogen-bond acceptors (Lipinski definition) is 4. The molecule has 1 fully saturated rings. The van der Waals surface area contributed by atoms with E-state index in [9.17, 15) is 9.90 Å². The van der Waals surface area contributed by atoms with Crippen LogP contribution >= 0.6 is 0 Å². The lowest BCUT2D eigenvalue weighted by Gasteiger charge is -2.42. The Morgan fingerprint density at radius 1 is 1.50 bits per heavy atom. The maximum Gasteiger partial charge on any atom is 0.234 e. The zero-order chi connectivity index (χ0) is 12.0. The first kappa shape index (κ1) is 13.4. The van der Waals surface area contributed by atoms with Gasteiger partial charge >= 0.3 is 0 Å². The van der Waals surface area contributed by atoms with Gasteiger partial charge in [0, 0.05) is 13.1 Å². The molecule has 0 aromatic carbocycles. The van der Waals surface area contributed by atoms with Gasteiger partial charge < -0.3 is 15.2 Å². The molecule has 0 aromatic heterocycles. The van der Waals surface area contributed by atoms with Crippen molar-refractivity contribution in [3.63, 3.8) is 0 Å². The molecule has 0 spiro atoms. The Bertz CT molecular complexity index is 224. The molecule has 1 aliphatic rings. The summed E-state index contributed by atoms with van der Waals surface area (Å²) in [5.41, 5.74) is -0.150. The number of ether oxygens (including phenoxy) is 1. The molecule has 0 atom stereocenters. The van der Waals surface area contributed by atoms with E-state index < -0.39 is 0 Å². The van der Waals surface area contributed by atoms with Crippen LogP contribution in [0.2, 0.25) is 0 Å². The van der Waals surface area contributed by atoms with Crippen molar-refractivity contribution in [1.29, 1.82) is 0 Å². The van der Waals surface area contributed by atoms with Crippen LogP contribution in [0.15, 0.2) is 0 Å². The van der Waals surface area contributed by atoms with E-state index in [1.807, 2.05) is 18.7 Å². The van der Waals surface area contributed by atoms with E-state index in [-0.39, 0.29) is 17.9 Å². The molecular weight excluding hydrogens is 208 g/mol. The molecule has 1 heterocycles. The van der Waals surface area contributed by atoms with Gasteiger partial charge in [-0.05, 0) is 13.5 Å². The first-order valence-corrected chi connectivity index (χ1v) is 5.83. The summed E-state index contributed by atoms with van der Waals surface area (Å²) in [6.07, 6.45) is 0. The number of aliphatic hydroxyl groups is 1. The van der Waals surface area contributed by atoms with Crippen molar-refractivity contribution >= 4 is 5.91 Å². The summed E-state index contributed by atoms with van der Waals surface area (Å²) >= 11 is 0. The standard InChI is InChI=1S/C11H22N2O3/c1-3-12-10(15)5-13(4-2)6-11(7-14)8-16-9-11/h14H,3-9H2,1-2H3,(H,12,15). The van der Waals surface area contributed by atoms with Crippen LogP contribution in [-0.4, -0.2) is 61.9 Å². The highest BCUT2D eigenvalue weighted by Crippen LogP contribution is 2.27. The second-order valence-corrected chi connectivity index (χ2v) is 4.41. The third-order valence-corrected chi connectivity index (χ3v) is 2.90. The molecule has 1 aliphatic heterocycles. The summed E-state index contributed by atoms with van der Waals surface area (Å²) in [5, 5.41) is 12.1. The first-order valence-electron chi connectivity index (χ1n) is 5.83. The fraction of sp³-hybridized carbons (Fsp3) is 0.909. The Kier molecular flexibility index (Phi) is 5.18. The fourth-order valence-corrected chi connectivity index (χ4v) is 1.83. The number of carbonyl (C=O) groups excluding carboxylic acids is 1. The van der Waals surface area contributed by atoms with Gasteiger partial charge in [-0.2, -0.15) is 0 Å². The minimum Gasteiger partial charge on any atom is -0.396 e. The number of hydrogen-bond donors (Lipinski definition) is 2. The van der Waals surface area contributed by atoms with Crippen molar-refractivity contribution in [2.45, 2.75) is 13.8 Å². The molecule has 0 unspecified atom stereocenters. The van der Waals surface area contributed by atoms with E-state index >= 15 is 0 Å². The quantitative estimate of drug-likeness (QED) is 0.616. The van der Waals surface area contributed by atoms with Crippen molar-refractivity contribution < 1.29 is 14.6 Å². The molecule has 5 heteroatoms. The second-order valence-electron chi connectivity index (χ2n) is 4.41. The summed E-state index contributed by atoms with van der Waals surface area (Å²) in [4.78, 5) is 13.5. The summed E-state index contributed by atoms with van der Waals surface area (Å²) in [5.74, 6) is 0.0395. The Hall–Kier alpha value is -0.650. The molecule has 2 N–H and O–H groups in total. The lowest BCUT2D eigenvalue weighted by atomic mass is 9.86. The predicted molar refractivity (Wildman–Crippen MR) is 61.1 cm³/mol. The highest BCUT2D eigenvalue weighted by molar-refractivity contribution is 5.77. The molecule has 0 bridgehead atoms. The molecule has 94 valence electrons. The number of likely N-dealkylation sites (N-methyl/N-ethyl adjacent to an activating group) is 2. The monoisotopic (exact) mass is 230 g/mol. The Labute approximate surface area is 96.8 Å². The summed E-state index contributed by atoms with van der Waals surface area (Å²) in [6.45, 7) is 7.81. The van der Waals surface area contributed by atoms with Crippen molar-refractivity contribution in [3.8, 4) is 0 Å². The lowest BCUT2D eigenvalue weighted by molar-refractivity contribution is -0.150. The van der Waals surface area contributed by atoms with Crippen LogP contribution in [0, 0.1) is 5.41 Å². The van der Waals surface area contributed by atoms with Crippen LogP contribution in [0.4, 0.5) is 0 Å². The largest absolute Gasteiger partial charge is 0.396 e. The molecule has 1 saturated heterocycles. The average molecular weight is 230 g/mol. The molecule has 0 aromatic rings. The van der Waals surface area contributed by atoms with Crippen LogP contribution in [0.3, 0.4) is 0 Å². The summed E-state index contributed by atoms with van der Waals surface area (Å²) in [6, 6.07) is 0. The molecule has 0 saturated carbocycles. The van der Waals surface area contributed by atoms with E-state index in [1.54, 1.807) is 0 Å². The summed E-state index contributed by atoms with van der Waals surface area (Å²) in [7, 11) is 0. The number of aliphatic hydroxyl groups excluding tert-OH is 1. The molecular formula is C11H22N2O3. The van der Waals surface area contributed by atoms with E-state index in [0.29, 0.717) is 26.3 Å². The summed E-state index contributed by atoms with van der Waals surface area (Å²) < 4.78 is 5.14. The number of nitrogens with zero attached hydrogens (tertiary/aromatic N) is 1. The van der Waals surface area contributed by atoms with Crippen LogP contribution in [0.5, 0.6) is 0 Å². The van der Waals surface area contributed by atoms with Crippen molar-refractivity contribution in [3.05, 3.63) is 0 Å². The third-order valence-electron chi connectivity index (χ3n) is 2.90. The van der Waals surface area contributed by atoms with Gasteiger partial charge in [0.2, 0.25) is 5.91 Å². The van der Waals surface area contributed by atoms with Crippen LogP contribution in [0.25, 0.3) is 0 Å². The van der Waals surface area contributed by atoms with E-state index in [1.165, 1.54) is 0 Å². The van der Waals surface area contributed by atoms with Crippen molar-refractivity contribution in [1.82, 2.24) is 10.2 Å². The smallest absolute Gasteiger partial charge is 0.234 e. The Balaban J connectivity index is 2.39. The van der Waals surface area contributed by atoms with Gasteiger partial charge in [0.25, 0.3) is 0 Å². The van der Waals surface area contributed by atoms with Crippen LogP contribution in [-0.2, 0) is 9.53 Å². The van der Waals surface area contributed by atoms with Gasteiger partial charge in [-0.3, -0.25) is 9.69 Å². The van der Waals surface area contributed by atoms with E-state index in [0.717, 1.165) is 13.1 Å². The van der Waals surface area contributed by atoms with Crippen LogP contribution < -0.4 is 5.32 Å². The highest BCUT2D eigenvalue weighted by Gasteiger charge is 2.39. The number of carbonyl (C=O) groups is 1. The fourth-order valence-electron chi connectivity index (χ4n) is 1.83. The van der Waals surface area contributed by atoms with Crippen molar-refractivity contribution in [2.24, 2.45) is 5.41 Å². The van der Waals surface area contributed by atoms with E-state index in [4.69, 9.17) is 4.74 Å². The van der Waals surface area contributed by atoms with Gasteiger partial charge in [-0.15, -0.1) is 0 Å². The van der Waals surface area contributed by atoms with Gasteiger partial charge in [-0.25, -0.2) is 0 Å². The number of nitrogens with one attached hydrogen (secondary N) is 1. The normalized spacial score (nSPS) is 18.2. The zero-order valence-corrected chi connectivity index (χ0v) is 10.2. The highest BCUT2D eigenvalue weighted by atomic mass is 16.5. The maximum absolute atomic E-state index is 11.4. The maximum atomic E-state index is 11.4. The first-order chi connectivity index (χ1) is 7.65.